The van der Waals surface area contributed by atoms with Crippen LogP contribution in [0.4, 0.5) is 0 Å². The van der Waals surface area contributed by atoms with Crippen molar-refractivity contribution in [2.75, 3.05) is 0 Å². The number of aliphatic carboxylic acids is 3. The molecule has 0 saturated heterocycles. The van der Waals surface area contributed by atoms with Crippen LogP contribution < -0.4 is 0 Å². The summed E-state index contributed by atoms with van der Waals surface area (Å²) in [6.45, 7) is 1.84. The Morgan fingerprint density at radius 1 is 1.00 bits per heavy atom. The highest BCUT2D eigenvalue weighted by Crippen LogP contribution is 1.82. The van der Waals surface area contributed by atoms with Crippen LogP contribution in [0, 0.1) is 0 Å². The molecule has 0 atom stereocenters. The fourth-order valence-electron chi connectivity index (χ4n) is 0.356. The summed E-state index contributed by atoms with van der Waals surface area (Å²) in [4.78, 5) is 28.7. The Hall–Kier alpha value is -1.85. The van der Waals surface area contributed by atoms with Gasteiger partial charge in [-0.05, 0) is 6.42 Å². The second kappa shape index (κ2) is 9.24. The molecule has 14 heavy (non-hydrogen) atoms. The zero-order chi connectivity index (χ0) is 11.6. The monoisotopic (exact) mass is 204 g/mol. The van der Waals surface area contributed by atoms with Crippen molar-refractivity contribution in [1.29, 1.82) is 0 Å². The Labute approximate surface area is 80.5 Å². The van der Waals surface area contributed by atoms with Crippen molar-refractivity contribution < 1.29 is 29.7 Å². The van der Waals surface area contributed by atoms with Crippen molar-refractivity contribution in [3.05, 3.63) is 12.2 Å². The molecule has 0 amide bonds. The number of carboxylic acids is 3. The van der Waals surface area contributed by atoms with E-state index in [1.807, 2.05) is 6.92 Å². The molecule has 80 valence electrons. The molecule has 0 aromatic carbocycles. The highest BCUT2D eigenvalue weighted by atomic mass is 16.4. The minimum atomic E-state index is -1.26. The summed E-state index contributed by atoms with van der Waals surface area (Å²) in [5.41, 5.74) is 0. The maximum atomic E-state index is 9.60. The van der Waals surface area contributed by atoms with Gasteiger partial charge in [0.2, 0.25) is 0 Å². The smallest absolute Gasteiger partial charge is 0.328 e. The molecule has 0 aliphatic carbocycles. The number of carbonyl (C=O) groups is 3. The molecule has 0 fully saturated rings. The first-order chi connectivity index (χ1) is 6.40. The normalized spacial score (nSPS) is 8.93. The fraction of sp³-hybridized carbons (Fsp3) is 0.375. The Balaban J connectivity index is 0. The zero-order valence-electron chi connectivity index (χ0n) is 7.64. The Morgan fingerprint density at radius 2 is 1.36 bits per heavy atom. The first-order valence-electron chi connectivity index (χ1n) is 3.75. The van der Waals surface area contributed by atoms with Gasteiger partial charge < -0.3 is 15.3 Å². The lowest BCUT2D eigenvalue weighted by Crippen LogP contribution is -1.91. The summed E-state index contributed by atoms with van der Waals surface area (Å²) in [5, 5.41) is 23.5. The zero-order valence-corrected chi connectivity index (χ0v) is 7.64. The summed E-state index contributed by atoms with van der Waals surface area (Å²) >= 11 is 0. The maximum absolute atomic E-state index is 9.60. The summed E-state index contributed by atoms with van der Waals surface area (Å²) in [5.74, 6) is -3.22. The molecule has 6 nitrogen and oxygen atoms in total. The molecule has 0 aromatic heterocycles. The quantitative estimate of drug-likeness (QED) is 0.577. The third-order valence-electron chi connectivity index (χ3n) is 0.832. The van der Waals surface area contributed by atoms with Crippen LogP contribution in [0.15, 0.2) is 12.2 Å². The number of carboxylic acid groups (broad SMARTS) is 3. The summed E-state index contributed by atoms with van der Waals surface area (Å²) in [6, 6.07) is 0. The third-order valence-corrected chi connectivity index (χ3v) is 0.832. The second-order valence-electron chi connectivity index (χ2n) is 2.15. The molecule has 6 heteroatoms. The van der Waals surface area contributed by atoms with Gasteiger partial charge in [0.05, 0.1) is 0 Å². The highest BCUT2D eigenvalue weighted by Gasteiger charge is 1.88. The van der Waals surface area contributed by atoms with Crippen LogP contribution in [0.2, 0.25) is 0 Å². The van der Waals surface area contributed by atoms with E-state index >= 15 is 0 Å². The molecule has 0 aliphatic heterocycles. The van der Waals surface area contributed by atoms with E-state index in [2.05, 4.69) is 0 Å². The molecular formula is C8H12O6. The molecule has 3 N–H and O–H groups in total. The molecular weight excluding hydrogens is 192 g/mol. The van der Waals surface area contributed by atoms with Gasteiger partial charge in [-0.3, -0.25) is 4.79 Å². The summed E-state index contributed by atoms with van der Waals surface area (Å²) < 4.78 is 0. The summed E-state index contributed by atoms with van der Waals surface area (Å²) in [7, 11) is 0. The van der Waals surface area contributed by atoms with Crippen molar-refractivity contribution in [3.63, 3.8) is 0 Å². The van der Waals surface area contributed by atoms with E-state index in [9.17, 15) is 14.4 Å². The Morgan fingerprint density at radius 3 is 1.43 bits per heavy atom. The average molecular weight is 204 g/mol. The standard InChI is InChI=1S/C4H4O4.C4H8O2/c5-3(6)1-2-4(7)8;1-2-3-4(5)6/h1-2H,(H,5,6)(H,7,8);2-3H2,1H3,(H,5,6)/b2-1+;. The number of hydrogen-bond acceptors (Lipinski definition) is 3. The predicted octanol–water partition coefficient (Wildman–Crippen LogP) is 0.583. The molecule has 0 saturated carbocycles. The third kappa shape index (κ3) is 22.5. The van der Waals surface area contributed by atoms with E-state index in [1.165, 1.54) is 0 Å². The van der Waals surface area contributed by atoms with E-state index in [1.54, 1.807) is 0 Å². The van der Waals surface area contributed by atoms with Crippen molar-refractivity contribution in [3.8, 4) is 0 Å². The van der Waals surface area contributed by atoms with E-state index in [4.69, 9.17) is 15.3 Å². The van der Waals surface area contributed by atoms with Gasteiger partial charge in [-0.2, -0.15) is 0 Å². The Bertz CT molecular complexity index is 214. The lowest BCUT2D eigenvalue weighted by atomic mass is 10.4. The predicted molar refractivity (Wildman–Crippen MR) is 47.0 cm³/mol. The molecule has 0 rings (SSSR count). The van der Waals surface area contributed by atoms with E-state index < -0.39 is 17.9 Å². The molecule has 0 heterocycles. The number of hydrogen-bond donors (Lipinski definition) is 3. The van der Waals surface area contributed by atoms with Crippen LogP contribution >= 0.6 is 0 Å². The van der Waals surface area contributed by atoms with Crippen LogP contribution in [0.5, 0.6) is 0 Å². The van der Waals surface area contributed by atoms with E-state index in [-0.39, 0.29) is 0 Å². The average Bonchev–Trinajstić information content (AvgIpc) is 2.01. The lowest BCUT2D eigenvalue weighted by Gasteiger charge is -1.79. The second-order valence-corrected chi connectivity index (χ2v) is 2.15. The summed E-state index contributed by atoms with van der Waals surface area (Å²) in [6.07, 6.45) is 2.14. The van der Waals surface area contributed by atoms with Crippen molar-refractivity contribution >= 4 is 17.9 Å². The van der Waals surface area contributed by atoms with Crippen molar-refractivity contribution in [2.24, 2.45) is 0 Å². The van der Waals surface area contributed by atoms with Crippen LogP contribution in [0.25, 0.3) is 0 Å². The van der Waals surface area contributed by atoms with Gasteiger partial charge in [-0.25, -0.2) is 9.59 Å². The minimum Gasteiger partial charge on any atom is -0.481 e. The van der Waals surface area contributed by atoms with Crippen molar-refractivity contribution in [1.82, 2.24) is 0 Å². The topological polar surface area (TPSA) is 112 Å². The molecule has 0 bridgehead atoms. The van der Waals surface area contributed by atoms with Crippen LogP contribution in [-0.2, 0) is 14.4 Å². The van der Waals surface area contributed by atoms with Gasteiger partial charge >= 0.3 is 17.9 Å². The maximum Gasteiger partial charge on any atom is 0.328 e. The lowest BCUT2D eigenvalue weighted by molar-refractivity contribution is -0.137. The van der Waals surface area contributed by atoms with E-state index in [0.29, 0.717) is 18.6 Å². The molecule has 0 aliphatic rings. The number of rotatable bonds is 4. The Kier molecular flexibility index (Phi) is 9.68. The first kappa shape index (κ1) is 14.7. The molecule has 0 radical (unpaired) electrons. The van der Waals surface area contributed by atoms with Gasteiger partial charge in [-0.15, -0.1) is 0 Å². The fourth-order valence-corrected chi connectivity index (χ4v) is 0.356. The first-order valence-corrected chi connectivity index (χ1v) is 3.75. The van der Waals surface area contributed by atoms with Gasteiger partial charge in [0.1, 0.15) is 0 Å². The highest BCUT2D eigenvalue weighted by molar-refractivity contribution is 5.89. The van der Waals surface area contributed by atoms with Crippen LogP contribution in [0.3, 0.4) is 0 Å². The van der Waals surface area contributed by atoms with E-state index in [0.717, 1.165) is 6.42 Å². The van der Waals surface area contributed by atoms with Gasteiger partial charge in [0, 0.05) is 18.6 Å². The largest absolute Gasteiger partial charge is 0.481 e. The van der Waals surface area contributed by atoms with Crippen LogP contribution in [-0.4, -0.2) is 33.2 Å². The molecule has 0 unspecified atom stereocenters. The molecule has 0 spiro atoms. The van der Waals surface area contributed by atoms with Crippen molar-refractivity contribution in [2.45, 2.75) is 19.8 Å². The van der Waals surface area contributed by atoms with Gasteiger partial charge in [0.25, 0.3) is 0 Å². The SMILES string of the molecule is CCCC(=O)O.O=C(O)/C=C/C(=O)O. The van der Waals surface area contributed by atoms with Gasteiger partial charge in [-0.1, -0.05) is 6.92 Å². The minimum absolute atomic E-state index is 0.292. The van der Waals surface area contributed by atoms with Crippen LogP contribution in [0.1, 0.15) is 19.8 Å². The van der Waals surface area contributed by atoms with Gasteiger partial charge in [0.15, 0.2) is 0 Å². The molecule has 0 aromatic rings.